The maximum Gasteiger partial charge on any atom is 0.00953 e. The third-order valence-electron chi connectivity index (χ3n) is 5.45. The van der Waals surface area contributed by atoms with Crippen LogP contribution in [-0.4, -0.2) is 37.1 Å². The third kappa shape index (κ3) is 4.75. The molecule has 1 saturated carbocycles. The molecule has 0 bridgehead atoms. The monoisotopic (exact) mass is 266 g/mol. The molecule has 4 atom stereocenters. The average molecular weight is 266 g/mol. The van der Waals surface area contributed by atoms with Gasteiger partial charge in [-0.2, -0.15) is 0 Å². The normalized spacial score (nSPS) is 35.2. The zero-order valence-electron chi connectivity index (χ0n) is 13.3. The fourth-order valence-electron chi connectivity index (χ4n) is 3.87. The molecule has 112 valence electrons. The van der Waals surface area contributed by atoms with E-state index in [1.54, 1.807) is 0 Å². The number of hydrogen-bond donors (Lipinski definition) is 1. The summed E-state index contributed by atoms with van der Waals surface area (Å²) in [7, 11) is 0. The topological polar surface area (TPSA) is 15.3 Å². The Balaban J connectivity index is 1.66. The van der Waals surface area contributed by atoms with Gasteiger partial charge < -0.3 is 10.2 Å². The first kappa shape index (κ1) is 15.3. The smallest absolute Gasteiger partial charge is 0.00953 e. The van der Waals surface area contributed by atoms with Gasteiger partial charge in [-0.3, -0.25) is 0 Å². The van der Waals surface area contributed by atoms with Crippen molar-refractivity contribution in [3.63, 3.8) is 0 Å². The van der Waals surface area contributed by atoms with E-state index in [1.807, 2.05) is 0 Å². The van der Waals surface area contributed by atoms with E-state index in [1.165, 1.54) is 64.7 Å². The van der Waals surface area contributed by atoms with E-state index in [9.17, 15) is 0 Å². The molecule has 0 amide bonds. The van der Waals surface area contributed by atoms with Crippen LogP contribution in [0.2, 0.25) is 0 Å². The van der Waals surface area contributed by atoms with Crippen molar-refractivity contribution in [2.45, 2.75) is 65.3 Å². The summed E-state index contributed by atoms with van der Waals surface area (Å²) in [5.41, 5.74) is 0. The van der Waals surface area contributed by atoms with Gasteiger partial charge in [-0.15, -0.1) is 0 Å². The van der Waals surface area contributed by atoms with Crippen molar-refractivity contribution in [1.82, 2.24) is 10.2 Å². The van der Waals surface area contributed by atoms with Crippen LogP contribution in [0.1, 0.15) is 59.3 Å². The van der Waals surface area contributed by atoms with Gasteiger partial charge in [0.15, 0.2) is 0 Å². The molecule has 2 nitrogen and oxygen atoms in total. The standard InChI is InChI=1S/C17H34N2/c1-14(13-19-10-5-4-6-11-19)12-18-17-9-7-8-15(2)16(17)3/h14-18H,4-13H2,1-3H3. The molecule has 1 saturated heterocycles. The predicted molar refractivity (Wildman–Crippen MR) is 83.4 cm³/mol. The van der Waals surface area contributed by atoms with E-state index in [0.29, 0.717) is 0 Å². The third-order valence-corrected chi connectivity index (χ3v) is 5.45. The van der Waals surface area contributed by atoms with Gasteiger partial charge in [0.1, 0.15) is 0 Å². The lowest BCUT2D eigenvalue weighted by atomic mass is 9.78. The highest BCUT2D eigenvalue weighted by atomic mass is 15.1. The summed E-state index contributed by atoms with van der Waals surface area (Å²) < 4.78 is 0. The zero-order chi connectivity index (χ0) is 13.7. The SMILES string of the molecule is CC(CNC1CCCC(C)C1C)CN1CCCCC1. The van der Waals surface area contributed by atoms with Crippen LogP contribution in [0.25, 0.3) is 0 Å². The lowest BCUT2D eigenvalue weighted by molar-refractivity contribution is 0.177. The lowest BCUT2D eigenvalue weighted by Gasteiger charge is -2.36. The summed E-state index contributed by atoms with van der Waals surface area (Å²) in [6, 6.07) is 0.771. The van der Waals surface area contributed by atoms with Crippen molar-refractivity contribution in [3.8, 4) is 0 Å². The van der Waals surface area contributed by atoms with Crippen molar-refractivity contribution in [3.05, 3.63) is 0 Å². The molecule has 0 aromatic heterocycles. The minimum absolute atomic E-state index is 0.771. The number of likely N-dealkylation sites (tertiary alicyclic amines) is 1. The van der Waals surface area contributed by atoms with Gasteiger partial charge in [0.2, 0.25) is 0 Å². The highest BCUT2D eigenvalue weighted by Crippen LogP contribution is 2.29. The summed E-state index contributed by atoms with van der Waals surface area (Å²) in [5, 5.41) is 3.86. The highest BCUT2D eigenvalue weighted by Gasteiger charge is 2.26. The summed E-state index contributed by atoms with van der Waals surface area (Å²) >= 11 is 0. The second kappa shape index (κ2) is 7.64. The van der Waals surface area contributed by atoms with Crippen LogP contribution >= 0.6 is 0 Å². The number of rotatable bonds is 5. The Morgan fingerprint density at radius 3 is 2.53 bits per heavy atom. The Hall–Kier alpha value is -0.0800. The summed E-state index contributed by atoms with van der Waals surface area (Å²) in [6.45, 7) is 12.5. The van der Waals surface area contributed by atoms with Crippen LogP contribution in [0.4, 0.5) is 0 Å². The molecule has 4 unspecified atom stereocenters. The maximum atomic E-state index is 3.86. The molecule has 1 heterocycles. The highest BCUT2D eigenvalue weighted by molar-refractivity contribution is 4.83. The fraction of sp³-hybridized carbons (Fsp3) is 1.00. The van der Waals surface area contributed by atoms with Crippen LogP contribution in [0.3, 0.4) is 0 Å². The Kier molecular flexibility index (Phi) is 6.15. The first-order valence-electron chi connectivity index (χ1n) is 8.62. The number of piperidine rings is 1. The largest absolute Gasteiger partial charge is 0.313 e. The molecular formula is C17H34N2. The predicted octanol–water partition coefficient (Wildman–Crippen LogP) is 3.52. The van der Waals surface area contributed by atoms with E-state index in [0.717, 1.165) is 23.8 Å². The van der Waals surface area contributed by atoms with Gasteiger partial charge in [-0.05, 0) is 56.7 Å². The van der Waals surface area contributed by atoms with E-state index < -0.39 is 0 Å². The van der Waals surface area contributed by atoms with Crippen molar-refractivity contribution >= 4 is 0 Å². The Labute approximate surface area is 120 Å². The van der Waals surface area contributed by atoms with Crippen molar-refractivity contribution in [2.24, 2.45) is 17.8 Å². The first-order valence-corrected chi connectivity index (χ1v) is 8.62. The lowest BCUT2D eigenvalue weighted by Crippen LogP contribution is -2.44. The molecule has 1 aliphatic carbocycles. The molecule has 0 spiro atoms. The summed E-state index contributed by atoms with van der Waals surface area (Å²) in [4.78, 5) is 2.67. The quantitative estimate of drug-likeness (QED) is 0.819. The second-order valence-electron chi connectivity index (χ2n) is 7.25. The first-order chi connectivity index (χ1) is 9.16. The Morgan fingerprint density at radius 2 is 1.79 bits per heavy atom. The van der Waals surface area contributed by atoms with Gasteiger partial charge >= 0.3 is 0 Å². The average Bonchev–Trinajstić information content (AvgIpc) is 2.42. The molecule has 2 fully saturated rings. The maximum absolute atomic E-state index is 3.86. The molecule has 2 rings (SSSR count). The van der Waals surface area contributed by atoms with E-state index in [2.05, 4.69) is 31.0 Å². The molecule has 2 aliphatic rings. The van der Waals surface area contributed by atoms with Gasteiger partial charge in [-0.1, -0.05) is 40.0 Å². The van der Waals surface area contributed by atoms with Crippen LogP contribution in [0, 0.1) is 17.8 Å². The molecule has 1 aliphatic heterocycles. The van der Waals surface area contributed by atoms with Gasteiger partial charge in [0.05, 0.1) is 0 Å². The molecule has 2 heteroatoms. The second-order valence-corrected chi connectivity index (χ2v) is 7.25. The van der Waals surface area contributed by atoms with E-state index in [-0.39, 0.29) is 0 Å². The van der Waals surface area contributed by atoms with Crippen molar-refractivity contribution in [1.29, 1.82) is 0 Å². The van der Waals surface area contributed by atoms with Gasteiger partial charge in [0, 0.05) is 12.6 Å². The molecule has 0 aromatic rings. The molecule has 0 aromatic carbocycles. The molecule has 19 heavy (non-hydrogen) atoms. The molecular weight excluding hydrogens is 232 g/mol. The number of nitrogens with one attached hydrogen (secondary N) is 1. The summed E-state index contributed by atoms with van der Waals surface area (Å²) in [6.07, 6.45) is 8.52. The molecule has 1 N–H and O–H groups in total. The van der Waals surface area contributed by atoms with Crippen LogP contribution in [0.5, 0.6) is 0 Å². The minimum atomic E-state index is 0.771. The zero-order valence-corrected chi connectivity index (χ0v) is 13.3. The molecule has 0 radical (unpaired) electrons. The van der Waals surface area contributed by atoms with E-state index in [4.69, 9.17) is 0 Å². The minimum Gasteiger partial charge on any atom is -0.313 e. The van der Waals surface area contributed by atoms with Crippen molar-refractivity contribution < 1.29 is 0 Å². The Bertz CT molecular complexity index is 248. The van der Waals surface area contributed by atoms with Gasteiger partial charge in [0.25, 0.3) is 0 Å². The van der Waals surface area contributed by atoms with Crippen molar-refractivity contribution in [2.75, 3.05) is 26.2 Å². The van der Waals surface area contributed by atoms with E-state index >= 15 is 0 Å². The fourth-order valence-corrected chi connectivity index (χ4v) is 3.87. The van der Waals surface area contributed by atoms with Crippen LogP contribution < -0.4 is 5.32 Å². The van der Waals surface area contributed by atoms with Gasteiger partial charge in [-0.25, -0.2) is 0 Å². The Morgan fingerprint density at radius 1 is 1.05 bits per heavy atom. The van der Waals surface area contributed by atoms with Crippen LogP contribution in [-0.2, 0) is 0 Å². The number of hydrogen-bond acceptors (Lipinski definition) is 2. The summed E-state index contributed by atoms with van der Waals surface area (Å²) in [5.74, 6) is 2.56. The van der Waals surface area contributed by atoms with Crippen LogP contribution in [0.15, 0.2) is 0 Å². The number of nitrogens with zero attached hydrogens (tertiary/aromatic N) is 1.